The number of anilines is 1. The molecule has 0 heterocycles. The number of halogens is 1. The predicted octanol–water partition coefficient (Wildman–Crippen LogP) is 6.39. The molecule has 0 saturated carbocycles. The van der Waals surface area contributed by atoms with Gasteiger partial charge in [-0.05, 0) is 35.6 Å². The monoisotopic (exact) mass is 369 g/mol. The molecule has 1 atom stereocenters. The number of carbonyl (C=O) groups excluding carboxylic acids is 1. The molecule has 0 saturated heterocycles. The molecule has 0 aromatic heterocycles. The van der Waals surface area contributed by atoms with Crippen molar-refractivity contribution in [1.29, 1.82) is 0 Å². The molecule has 0 spiro atoms. The summed E-state index contributed by atoms with van der Waals surface area (Å²) in [6.45, 7) is 1.79. The van der Waals surface area contributed by atoms with Crippen LogP contribution in [0.3, 0.4) is 0 Å². The van der Waals surface area contributed by atoms with Crippen LogP contribution >= 0.6 is 0 Å². The highest BCUT2D eigenvalue weighted by Crippen LogP contribution is 2.28. The average Bonchev–Trinajstić information content (AvgIpc) is 2.74. The summed E-state index contributed by atoms with van der Waals surface area (Å²) in [5.74, 6) is -0.963. The Morgan fingerprint density at radius 3 is 2.36 bits per heavy atom. The molecule has 4 aromatic rings. The van der Waals surface area contributed by atoms with Crippen molar-refractivity contribution >= 4 is 22.4 Å². The molecule has 0 fully saturated rings. The van der Waals surface area contributed by atoms with Crippen molar-refractivity contribution < 1.29 is 9.18 Å². The van der Waals surface area contributed by atoms with E-state index in [1.165, 1.54) is 6.07 Å². The Morgan fingerprint density at radius 2 is 1.57 bits per heavy atom. The topological polar surface area (TPSA) is 29.1 Å². The molecule has 1 amide bonds. The molecule has 1 unspecified atom stereocenters. The first-order chi connectivity index (χ1) is 13.6. The first-order valence-corrected chi connectivity index (χ1v) is 9.27. The summed E-state index contributed by atoms with van der Waals surface area (Å²) >= 11 is 0. The molecule has 3 heteroatoms. The predicted molar refractivity (Wildman–Crippen MR) is 113 cm³/mol. The summed E-state index contributed by atoms with van der Waals surface area (Å²) in [7, 11) is 0. The minimum atomic E-state index is -0.474. The summed E-state index contributed by atoms with van der Waals surface area (Å²) in [5, 5.41) is 5.03. The Bertz CT molecular complexity index is 1130. The van der Waals surface area contributed by atoms with Gasteiger partial charge in [0.25, 0.3) is 0 Å². The van der Waals surface area contributed by atoms with E-state index in [0.29, 0.717) is 11.1 Å². The lowest BCUT2D eigenvalue weighted by molar-refractivity contribution is -0.117. The van der Waals surface area contributed by atoms with Crippen molar-refractivity contribution in [1.82, 2.24) is 0 Å². The maximum atomic E-state index is 14.7. The SMILES string of the molecule is CC(C(=O)Nc1cccc2ccccc12)c1ccc(-c2ccccc2)c(F)c1. The second-order valence-corrected chi connectivity index (χ2v) is 6.84. The van der Waals surface area contributed by atoms with Gasteiger partial charge in [0.1, 0.15) is 5.82 Å². The van der Waals surface area contributed by atoms with Crippen LogP contribution in [0, 0.1) is 5.82 Å². The molecule has 0 aliphatic heterocycles. The lowest BCUT2D eigenvalue weighted by atomic mass is 9.96. The van der Waals surface area contributed by atoms with Gasteiger partial charge >= 0.3 is 0 Å². The van der Waals surface area contributed by atoms with Crippen molar-refractivity contribution in [3.63, 3.8) is 0 Å². The van der Waals surface area contributed by atoms with E-state index in [4.69, 9.17) is 0 Å². The highest BCUT2D eigenvalue weighted by atomic mass is 19.1. The maximum Gasteiger partial charge on any atom is 0.231 e. The van der Waals surface area contributed by atoms with E-state index in [-0.39, 0.29) is 11.7 Å². The van der Waals surface area contributed by atoms with Crippen LogP contribution < -0.4 is 5.32 Å². The van der Waals surface area contributed by atoms with Gasteiger partial charge in [-0.15, -0.1) is 0 Å². The molecule has 0 bridgehead atoms. The fourth-order valence-electron chi connectivity index (χ4n) is 3.38. The van der Waals surface area contributed by atoms with Crippen LogP contribution in [-0.2, 0) is 4.79 Å². The van der Waals surface area contributed by atoms with Gasteiger partial charge in [-0.2, -0.15) is 0 Å². The number of amides is 1. The number of nitrogens with one attached hydrogen (secondary N) is 1. The van der Waals surface area contributed by atoms with Crippen molar-refractivity contribution in [3.8, 4) is 11.1 Å². The second-order valence-electron chi connectivity index (χ2n) is 6.84. The van der Waals surface area contributed by atoms with Gasteiger partial charge in [-0.1, -0.05) is 78.9 Å². The van der Waals surface area contributed by atoms with Gasteiger partial charge in [-0.25, -0.2) is 4.39 Å². The fourth-order valence-corrected chi connectivity index (χ4v) is 3.38. The summed E-state index contributed by atoms with van der Waals surface area (Å²) in [6, 6.07) is 28.1. The van der Waals surface area contributed by atoms with Crippen molar-refractivity contribution in [2.75, 3.05) is 5.32 Å². The second kappa shape index (κ2) is 7.65. The van der Waals surface area contributed by atoms with Crippen LogP contribution in [0.25, 0.3) is 21.9 Å². The molecular formula is C25H20FNO. The fraction of sp³-hybridized carbons (Fsp3) is 0.0800. The number of rotatable bonds is 4. The summed E-state index contributed by atoms with van der Waals surface area (Å²) in [4.78, 5) is 12.8. The van der Waals surface area contributed by atoms with Crippen LogP contribution in [-0.4, -0.2) is 5.91 Å². The van der Waals surface area contributed by atoms with Gasteiger partial charge in [0, 0.05) is 16.6 Å². The summed E-state index contributed by atoms with van der Waals surface area (Å²) in [6.07, 6.45) is 0. The molecule has 0 aliphatic rings. The normalized spacial score (nSPS) is 11.9. The summed E-state index contributed by atoms with van der Waals surface area (Å²) < 4.78 is 14.7. The van der Waals surface area contributed by atoms with E-state index < -0.39 is 5.92 Å². The minimum absolute atomic E-state index is 0.164. The average molecular weight is 369 g/mol. The number of hydrogen-bond acceptors (Lipinski definition) is 1. The number of carbonyl (C=O) groups is 1. The van der Waals surface area contributed by atoms with Crippen LogP contribution in [0.1, 0.15) is 18.4 Å². The van der Waals surface area contributed by atoms with E-state index in [1.54, 1.807) is 13.0 Å². The van der Waals surface area contributed by atoms with Gasteiger partial charge < -0.3 is 5.32 Å². The zero-order valence-electron chi connectivity index (χ0n) is 15.5. The Kier molecular flexibility index (Phi) is 4.90. The van der Waals surface area contributed by atoms with E-state index in [2.05, 4.69) is 5.32 Å². The first kappa shape index (κ1) is 17.9. The van der Waals surface area contributed by atoms with Gasteiger partial charge in [0.15, 0.2) is 0 Å². The van der Waals surface area contributed by atoms with Gasteiger partial charge in [-0.3, -0.25) is 4.79 Å². The third-order valence-electron chi connectivity index (χ3n) is 5.02. The Hall–Kier alpha value is -3.46. The molecule has 4 rings (SSSR count). The molecule has 2 nitrogen and oxygen atoms in total. The van der Waals surface area contributed by atoms with Crippen molar-refractivity contribution in [3.05, 3.63) is 102 Å². The first-order valence-electron chi connectivity index (χ1n) is 9.27. The van der Waals surface area contributed by atoms with Crippen LogP contribution in [0.15, 0.2) is 91.0 Å². The third kappa shape index (κ3) is 3.52. The Balaban J connectivity index is 1.58. The zero-order chi connectivity index (χ0) is 19.5. The standard InChI is InChI=1S/C25H20FNO/c1-17(20-14-15-21(23(26)16-20)18-8-3-2-4-9-18)25(28)27-24-13-7-11-19-10-5-6-12-22(19)24/h2-17H,1H3,(H,27,28). The molecular weight excluding hydrogens is 349 g/mol. The smallest absolute Gasteiger partial charge is 0.231 e. The molecule has 4 aromatic carbocycles. The van der Waals surface area contributed by atoms with E-state index >= 15 is 0 Å². The zero-order valence-corrected chi connectivity index (χ0v) is 15.5. The number of hydrogen-bond donors (Lipinski definition) is 1. The highest BCUT2D eigenvalue weighted by Gasteiger charge is 2.18. The summed E-state index contributed by atoms with van der Waals surface area (Å²) in [5.41, 5.74) is 2.76. The van der Waals surface area contributed by atoms with E-state index in [1.807, 2.05) is 78.9 Å². The van der Waals surface area contributed by atoms with Gasteiger partial charge in [0.2, 0.25) is 5.91 Å². The van der Waals surface area contributed by atoms with E-state index in [9.17, 15) is 9.18 Å². The Labute approximate surface area is 163 Å². The molecule has 138 valence electrons. The van der Waals surface area contributed by atoms with Crippen LogP contribution in [0.5, 0.6) is 0 Å². The minimum Gasteiger partial charge on any atom is -0.325 e. The highest BCUT2D eigenvalue weighted by molar-refractivity contribution is 6.04. The number of benzene rings is 4. The van der Waals surface area contributed by atoms with Crippen LogP contribution in [0.4, 0.5) is 10.1 Å². The molecule has 28 heavy (non-hydrogen) atoms. The van der Waals surface area contributed by atoms with Gasteiger partial charge in [0.05, 0.1) is 5.92 Å². The maximum absolute atomic E-state index is 14.7. The number of fused-ring (bicyclic) bond motifs is 1. The molecule has 1 N–H and O–H groups in total. The van der Waals surface area contributed by atoms with Crippen molar-refractivity contribution in [2.24, 2.45) is 0 Å². The quantitative estimate of drug-likeness (QED) is 0.444. The molecule has 0 radical (unpaired) electrons. The van der Waals surface area contributed by atoms with Crippen LogP contribution in [0.2, 0.25) is 0 Å². The lowest BCUT2D eigenvalue weighted by Gasteiger charge is -2.15. The molecule has 0 aliphatic carbocycles. The Morgan fingerprint density at radius 1 is 0.857 bits per heavy atom. The van der Waals surface area contributed by atoms with E-state index in [0.717, 1.165) is 22.0 Å². The van der Waals surface area contributed by atoms with Crippen molar-refractivity contribution in [2.45, 2.75) is 12.8 Å². The third-order valence-corrected chi connectivity index (χ3v) is 5.02. The lowest BCUT2D eigenvalue weighted by Crippen LogP contribution is -2.19. The largest absolute Gasteiger partial charge is 0.325 e.